The Morgan fingerprint density at radius 3 is 2.46 bits per heavy atom. The van der Waals surface area contributed by atoms with Gasteiger partial charge in [-0.1, -0.05) is 0 Å². The van der Waals surface area contributed by atoms with Gasteiger partial charge in [0.15, 0.2) is 5.75 Å². The topological polar surface area (TPSA) is 120 Å². The van der Waals surface area contributed by atoms with Crippen molar-refractivity contribution in [2.24, 2.45) is 0 Å². The van der Waals surface area contributed by atoms with Crippen molar-refractivity contribution in [3.8, 4) is 23.3 Å². The van der Waals surface area contributed by atoms with Crippen molar-refractivity contribution >= 4 is 34.0 Å². The number of aliphatic hydroxyl groups excluding tert-OH is 1. The van der Waals surface area contributed by atoms with E-state index in [1.54, 1.807) is 25.3 Å². The van der Waals surface area contributed by atoms with E-state index >= 15 is 4.39 Å². The smallest absolute Gasteiger partial charge is 0.323 e. The van der Waals surface area contributed by atoms with Gasteiger partial charge in [0.1, 0.15) is 35.8 Å². The molecule has 0 fully saturated rings. The van der Waals surface area contributed by atoms with Crippen LogP contribution < -0.4 is 25.0 Å². The Bertz CT molecular complexity index is 1590. The first kappa shape index (κ1) is 29.0. The molecule has 0 radical (unpaired) electrons. The number of halogens is 2. The normalized spacial score (nSPS) is 11.4. The third-order valence-corrected chi connectivity index (χ3v) is 6.12. The van der Waals surface area contributed by atoms with Gasteiger partial charge in [-0.25, -0.2) is 13.6 Å². The fourth-order valence-electron chi connectivity index (χ4n) is 4.10. The minimum absolute atomic E-state index is 0.00264. The average molecular weight is 562 g/mol. The molecular formula is C30H29F2N5O4. The number of rotatable bonds is 10. The summed E-state index contributed by atoms with van der Waals surface area (Å²) in [6, 6.07) is 13.7. The fourth-order valence-corrected chi connectivity index (χ4v) is 4.10. The van der Waals surface area contributed by atoms with E-state index in [1.807, 2.05) is 18.7 Å². The molecule has 0 aliphatic rings. The van der Waals surface area contributed by atoms with Crippen LogP contribution in [0, 0.1) is 23.0 Å². The fraction of sp³-hybridized carbons (Fsp3) is 0.233. The molecule has 1 aromatic heterocycles. The number of pyridine rings is 1. The number of nitrogens with zero attached hydrogens (tertiary/aromatic N) is 3. The summed E-state index contributed by atoms with van der Waals surface area (Å²) in [5.41, 5.74) is 1.59. The van der Waals surface area contributed by atoms with Crippen LogP contribution >= 0.6 is 0 Å². The number of benzene rings is 3. The predicted molar refractivity (Wildman–Crippen MR) is 153 cm³/mol. The SMILES string of the molecule is CCN(CC)c1cnc2cc(OC[C@@H](C)O)c(C#N)cc2c1Oc1ccc(NC(=O)Nc2ccc(F)cc2)c(F)c1. The maximum atomic E-state index is 15.1. The van der Waals surface area contributed by atoms with Crippen LogP contribution in [0.1, 0.15) is 26.3 Å². The molecule has 0 spiro atoms. The van der Waals surface area contributed by atoms with Crippen LogP contribution in [0.25, 0.3) is 10.9 Å². The van der Waals surface area contributed by atoms with Crippen molar-refractivity contribution in [3.63, 3.8) is 0 Å². The van der Waals surface area contributed by atoms with Gasteiger partial charge in [-0.15, -0.1) is 0 Å². The molecule has 0 aliphatic heterocycles. The molecule has 9 nitrogen and oxygen atoms in total. The Balaban J connectivity index is 1.66. The number of anilines is 3. The number of nitriles is 1. The summed E-state index contributed by atoms with van der Waals surface area (Å²) in [5.74, 6) is -0.397. The van der Waals surface area contributed by atoms with E-state index in [9.17, 15) is 19.6 Å². The third-order valence-electron chi connectivity index (χ3n) is 6.12. The van der Waals surface area contributed by atoms with Crippen molar-refractivity contribution < 1.29 is 28.2 Å². The minimum Gasteiger partial charge on any atom is -0.489 e. The lowest BCUT2D eigenvalue weighted by molar-refractivity contribution is 0.122. The number of hydrogen-bond acceptors (Lipinski definition) is 7. The Hall–Kier alpha value is -4.95. The van der Waals surface area contributed by atoms with Gasteiger partial charge in [0, 0.05) is 36.3 Å². The van der Waals surface area contributed by atoms with Crippen LogP contribution in [-0.2, 0) is 0 Å². The number of carbonyl (C=O) groups excluding carboxylic acids is 1. The van der Waals surface area contributed by atoms with Crippen molar-refractivity contribution in [3.05, 3.63) is 78.0 Å². The number of urea groups is 1. The van der Waals surface area contributed by atoms with Gasteiger partial charge in [-0.05, 0) is 63.2 Å². The summed E-state index contributed by atoms with van der Waals surface area (Å²) in [4.78, 5) is 18.9. The number of carbonyl (C=O) groups is 1. The number of ether oxygens (including phenoxy) is 2. The lowest BCUT2D eigenvalue weighted by Crippen LogP contribution is -2.22. The largest absolute Gasteiger partial charge is 0.489 e. The molecule has 4 aromatic rings. The van der Waals surface area contributed by atoms with Crippen LogP contribution in [0.5, 0.6) is 17.2 Å². The van der Waals surface area contributed by atoms with E-state index < -0.39 is 23.8 Å². The van der Waals surface area contributed by atoms with Gasteiger partial charge >= 0.3 is 6.03 Å². The molecule has 3 aromatic carbocycles. The molecule has 2 amide bonds. The van der Waals surface area contributed by atoms with Gasteiger partial charge in [-0.2, -0.15) is 5.26 Å². The van der Waals surface area contributed by atoms with E-state index in [-0.39, 0.29) is 29.4 Å². The highest BCUT2D eigenvalue weighted by molar-refractivity contribution is 6.00. The van der Waals surface area contributed by atoms with Gasteiger partial charge in [0.05, 0.1) is 34.8 Å². The number of hydrogen-bond donors (Lipinski definition) is 3. The van der Waals surface area contributed by atoms with Gasteiger partial charge in [0.25, 0.3) is 0 Å². The first-order chi connectivity index (χ1) is 19.7. The highest BCUT2D eigenvalue weighted by atomic mass is 19.1. The highest BCUT2D eigenvalue weighted by Crippen LogP contribution is 2.40. The summed E-state index contributed by atoms with van der Waals surface area (Å²) in [5, 5.41) is 24.8. The molecule has 11 heteroatoms. The molecule has 0 unspecified atom stereocenters. The zero-order valence-corrected chi connectivity index (χ0v) is 22.7. The van der Waals surface area contributed by atoms with E-state index in [2.05, 4.69) is 21.7 Å². The molecule has 41 heavy (non-hydrogen) atoms. The maximum absolute atomic E-state index is 15.1. The summed E-state index contributed by atoms with van der Waals surface area (Å²) in [6.07, 6.45) is 0.914. The number of nitrogens with one attached hydrogen (secondary N) is 2. The van der Waals surface area contributed by atoms with Gasteiger partial charge < -0.3 is 30.1 Å². The Morgan fingerprint density at radius 2 is 1.83 bits per heavy atom. The summed E-state index contributed by atoms with van der Waals surface area (Å²) >= 11 is 0. The zero-order valence-electron chi connectivity index (χ0n) is 22.7. The zero-order chi connectivity index (χ0) is 29.5. The minimum atomic E-state index is -0.744. The molecule has 0 saturated carbocycles. The Morgan fingerprint density at radius 1 is 1.10 bits per heavy atom. The monoisotopic (exact) mass is 561 g/mol. The Kier molecular flexibility index (Phi) is 9.16. The molecule has 3 N–H and O–H groups in total. The second-order valence-corrected chi connectivity index (χ2v) is 9.11. The van der Waals surface area contributed by atoms with E-state index in [1.165, 1.54) is 36.4 Å². The quantitative estimate of drug-likeness (QED) is 0.204. The van der Waals surface area contributed by atoms with Crippen molar-refractivity contribution in [2.45, 2.75) is 26.9 Å². The van der Waals surface area contributed by atoms with Crippen molar-refractivity contribution in [1.29, 1.82) is 5.26 Å². The first-order valence-electron chi connectivity index (χ1n) is 13.0. The Labute approximate surface area is 235 Å². The summed E-state index contributed by atoms with van der Waals surface area (Å²) < 4.78 is 40.0. The van der Waals surface area contributed by atoms with Crippen LogP contribution in [-0.4, -0.2) is 41.9 Å². The third kappa shape index (κ3) is 6.98. The molecule has 212 valence electrons. The number of fused-ring (bicyclic) bond motifs is 1. The molecule has 0 saturated heterocycles. The van der Waals surface area contributed by atoms with Crippen LogP contribution in [0.15, 0.2) is 60.8 Å². The molecule has 0 bridgehead atoms. The second-order valence-electron chi connectivity index (χ2n) is 9.11. The molecule has 1 atom stereocenters. The average Bonchev–Trinajstić information content (AvgIpc) is 2.95. The molecular weight excluding hydrogens is 532 g/mol. The van der Waals surface area contributed by atoms with E-state index in [0.717, 1.165) is 6.07 Å². The molecule has 0 aliphatic carbocycles. The first-order valence-corrected chi connectivity index (χ1v) is 13.0. The number of aliphatic hydroxyl groups is 1. The predicted octanol–water partition coefficient (Wildman–Crippen LogP) is 6.43. The van der Waals surface area contributed by atoms with Crippen LogP contribution in [0.3, 0.4) is 0 Å². The van der Waals surface area contributed by atoms with Crippen LogP contribution in [0.2, 0.25) is 0 Å². The van der Waals surface area contributed by atoms with E-state index in [0.29, 0.717) is 41.1 Å². The number of amides is 2. The summed E-state index contributed by atoms with van der Waals surface area (Å²) in [7, 11) is 0. The van der Waals surface area contributed by atoms with Gasteiger partial charge in [-0.3, -0.25) is 4.98 Å². The second kappa shape index (κ2) is 12.9. The number of aromatic nitrogens is 1. The standard InChI is InChI=1S/C30H29F2N5O4/c1-4-37(5-2)27-16-34-26-14-28(40-17-18(3)38)19(15-33)12-23(26)29(27)41-22-10-11-25(24(32)13-22)36-30(39)35-21-8-6-20(31)7-9-21/h6-14,16,18,38H,4-5,17H2,1-3H3,(H2,35,36,39)/t18-/m1/s1. The van der Waals surface area contributed by atoms with Crippen LogP contribution in [0.4, 0.5) is 30.6 Å². The summed E-state index contributed by atoms with van der Waals surface area (Å²) in [6.45, 7) is 6.81. The van der Waals surface area contributed by atoms with E-state index in [4.69, 9.17) is 9.47 Å². The lowest BCUT2D eigenvalue weighted by Gasteiger charge is -2.25. The molecule has 4 rings (SSSR count). The lowest BCUT2D eigenvalue weighted by atomic mass is 10.1. The molecule has 1 heterocycles. The van der Waals surface area contributed by atoms with Crippen molar-refractivity contribution in [1.82, 2.24) is 4.98 Å². The van der Waals surface area contributed by atoms with Crippen molar-refractivity contribution in [2.75, 3.05) is 35.2 Å². The maximum Gasteiger partial charge on any atom is 0.323 e. The van der Waals surface area contributed by atoms with Gasteiger partial charge in [0.2, 0.25) is 0 Å². The highest BCUT2D eigenvalue weighted by Gasteiger charge is 2.19.